The quantitative estimate of drug-likeness (QED) is 0.596. The van der Waals surface area contributed by atoms with Crippen molar-refractivity contribution in [1.29, 1.82) is 0 Å². The van der Waals surface area contributed by atoms with E-state index in [2.05, 4.69) is 75.4 Å². The molecule has 1 aromatic carbocycles. The number of piperidine rings is 1. The molecule has 0 spiro atoms. The zero-order valence-electron chi connectivity index (χ0n) is 22.0. The number of ketones is 1. The van der Waals surface area contributed by atoms with Crippen molar-refractivity contribution >= 4 is 23.1 Å². The molecule has 1 amide bonds. The fraction of sp³-hybridized carbons (Fsp3) is 0.643. The molecular weight excluding hydrogens is 424 g/mol. The van der Waals surface area contributed by atoms with Gasteiger partial charge in [0.1, 0.15) is 0 Å². The average molecular weight is 467 g/mol. The van der Waals surface area contributed by atoms with Crippen LogP contribution in [0.15, 0.2) is 35.5 Å². The Kier molecular flexibility index (Phi) is 6.34. The molecule has 1 aliphatic carbocycles. The van der Waals surface area contributed by atoms with Gasteiger partial charge in [0.2, 0.25) is 5.91 Å². The zero-order valence-corrected chi connectivity index (χ0v) is 22.0. The summed E-state index contributed by atoms with van der Waals surface area (Å²) < 4.78 is 0. The Balaban J connectivity index is 1.63. The molecular formula is C28H42N4O2. The predicted octanol–water partition coefficient (Wildman–Crippen LogP) is 4.77. The van der Waals surface area contributed by atoms with Crippen LogP contribution in [0.2, 0.25) is 0 Å². The molecule has 1 aromatic rings. The maximum absolute atomic E-state index is 13.4. The lowest BCUT2D eigenvalue weighted by molar-refractivity contribution is -0.121. The molecule has 0 saturated carbocycles. The Labute approximate surface area is 204 Å². The molecule has 2 aliphatic heterocycles. The second-order valence-corrected chi connectivity index (χ2v) is 12.6. The topological polar surface area (TPSA) is 73.5 Å². The van der Waals surface area contributed by atoms with Crippen LogP contribution in [-0.2, 0) is 9.59 Å². The molecule has 1 atom stereocenters. The van der Waals surface area contributed by atoms with Gasteiger partial charge in [-0.05, 0) is 70.9 Å². The monoisotopic (exact) mass is 466 g/mol. The molecule has 3 aliphatic rings. The first-order valence-electron chi connectivity index (χ1n) is 12.8. The Morgan fingerprint density at radius 2 is 1.71 bits per heavy atom. The van der Waals surface area contributed by atoms with E-state index in [0.29, 0.717) is 6.42 Å². The first kappa shape index (κ1) is 24.8. The number of nitrogens with zero attached hydrogens (tertiary/aromatic N) is 1. The fourth-order valence-corrected chi connectivity index (χ4v) is 6.62. The largest absolute Gasteiger partial charge is 0.357 e. The number of Topliss-reactive ketones (excluding diaryl/α,β-unsaturated/α-hetero) is 1. The van der Waals surface area contributed by atoms with Crippen LogP contribution in [0.25, 0.3) is 0 Å². The predicted molar refractivity (Wildman–Crippen MR) is 139 cm³/mol. The van der Waals surface area contributed by atoms with Gasteiger partial charge in [0, 0.05) is 34.8 Å². The number of amides is 1. The van der Waals surface area contributed by atoms with E-state index in [0.717, 1.165) is 48.3 Å². The average Bonchev–Trinajstić information content (AvgIpc) is 2.78. The molecule has 1 saturated heterocycles. The minimum atomic E-state index is -0.124. The third kappa shape index (κ3) is 5.17. The van der Waals surface area contributed by atoms with Crippen molar-refractivity contribution in [2.45, 2.75) is 104 Å². The van der Waals surface area contributed by atoms with Crippen LogP contribution in [0.5, 0.6) is 0 Å². The number of hydrogen-bond donors (Lipinski definition) is 3. The van der Waals surface area contributed by atoms with Gasteiger partial charge in [0.05, 0.1) is 24.0 Å². The smallest absolute Gasteiger partial charge is 0.239 e. The SMILES string of the molecule is CCC1C2=C(CC(C)(C)CC2=O)Nc2ccccc2N1CC(=O)NC1CC(C)(C)NC(C)(C)C1. The lowest BCUT2D eigenvalue weighted by Crippen LogP contribution is -2.62. The van der Waals surface area contributed by atoms with Crippen LogP contribution in [0.4, 0.5) is 11.4 Å². The highest BCUT2D eigenvalue weighted by Crippen LogP contribution is 2.44. The van der Waals surface area contributed by atoms with Crippen LogP contribution in [0.3, 0.4) is 0 Å². The van der Waals surface area contributed by atoms with Crippen molar-refractivity contribution in [3.8, 4) is 0 Å². The maximum Gasteiger partial charge on any atom is 0.239 e. The first-order chi connectivity index (χ1) is 15.8. The van der Waals surface area contributed by atoms with Crippen molar-refractivity contribution in [2.75, 3.05) is 16.8 Å². The van der Waals surface area contributed by atoms with Crippen LogP contribution in [0, 0.1) is 5.41 Å². The standard InChI is InChI=1S/C28H42N4O2/c1-8-21-25-20(15-26(2,3)16-23(25)33)30-19-11-9-10-12-22(19)32(21)17-24(34)29-18-13-27(4,5)31-28(6,7)14-18/h9-12,18,21,30-31H,8,13-17H2,1-7H3,(H,29,34). The van der Waals surface area contributed by atoms with Gasteiger partial charge in [-0.2, -0.15) is 0 Å². The summed E-state index contributed by atoms with van der Waals surface area (Å²) >= 11 is 0. The molecule has 3 N–H and O–H groups in total. The van der Waals surface area contributed by atoms with Gasteiger partial charge in [-0.25, -0.2) is 0 Å². The van der Waals surface area contributed by atoms with Gasteiger partial charge in [0.25, 0.3) is 0 Å². The minimum Gasteiger partial charge on any atom is -0.357 e. The van der Waals surface area contributed by atoms with Gasteiger partial charge < -0.3 is 20.9 Å². The van der Waals surface area contributed by atoms with E-state index in [1.54, 1.807) is 0 Å². The number of fused-ring (bicyclic) bond motifs is 1. The minimum absolute atomic E-state index is 0.0133. The molecule has 1 fully saturated rings. The second kappa shape index (κ2) is 8.71. The molecule has 1 unspecified atom stereocenters. The van der Waals surface area contributed by atoms with E-state index in [1.165, 1.54) is 0 Å². The molecule has 0 bridgehead atoms. The number of carbonyl (C=O) groups excluding carboxylic acids is 2. The molecule has 0 aromatic heterocycles. The van der Waals surface area contributed by atoms with Gasteiger partial charge in [-0.1, -0.05) is 32.9 Å². The van der Waals surface area contributed by atoms with E-state index in [4.69, 9.17) is 0 Å². The van der Waals surface area contributed by atoms with Crippen LogP contribution < -0.4 is 20.9 Å². The van der Waals surface area contributed by atoms with Crippen LogP contribution in [-0.4, -0.2) is 41.4 Å². The number of benzene rings is 1. The molecule has 6 heteroatoms. The van der Waals surface area contributed by atoms with Crippen molar-refractivity contribution in [1.82, 2.24) is 10.6 Å². The number of nitrogens with one attached hydrogen (secondary N) is 3. The third-order valence-corrected chi connectivity index (χ3v) is 7.38. The number of hydrogen-bond acceptors (Lipinski definition) is 5. The highest BCUT2D eigenvalue weighted by Gasteiger charge is 2.41. The molecule has 6 nitrogen and oxygen atoms in total. The molecule has 186 valence electrons. The fourth-order valence-electron chi connectivity index (χ4n) is 6.62. The summed E-state index contributed by atoms with van der Waals surface area (Å²) in [5.74, 6) is 0.213. The summed E-state index contributed by atoms with van der Waals surface area (Å²) in [6.45, 7) is 15.4. The lowest BCUT2D eigenvalue weighted by Gasteiger charge is -2.46. The molecule has 4 rings (SSSR count). The number of rotatable bonds is 4. The van der Waals surface area contributed by atoms with Crippen LogP contribution >= 0.6 is 0 Å². The van der Waals surface area contributed by atoms with Crippen molar-refractivity contribution < 1.29 is 9.59 Å². The van der Waals surface area contributed by atoms with E-state index < -0.39 is 0 Å². The van der Waals surface area contributed by atoms with Crippen LogP contribution in [0.1, 0.15) is 80.6 Å². The number of allylic oxidation sites excluding steroid dienone is 1. The maximum atomic E-state index is 13.4. The summed E-state index contributed by atoms with van der Waals surface area (Å²) in [4.78, 5) is 29.0. The summed E-state index contributed by atoms with van der Waals surface area (Å²) in [6.07, 6.45) is 3.92. The zero-order chi connectivity index (χ0) is 24.9. The Morgan fingerprint density at radius 3 is 2.35 bits per heavy atom. The van der Waals surface area contributed by atoms with E-state index in [9.17, 15) is 9.59 Å². The lowest BCUT2D eigenvalue weighted by atomic mass is 9.74. The van der Waals surface area contributed by atoms with E-state index >= 15 is 0 Å². The number of para-hydroxylation sites is 2. The van der Waals surface area contributed by atoms with Gasteiger partial charge in [-0.3, -0.25) is 9.59 Å². The number of anilines is 2. The molecule has 0 radical (unpaired) electrons. The summed E-state index contributed by atoms with van der Waals surface area (Å²) in [6, 6.07) is 8.11. The van der Waals surface area contributed by atoms with Gasteiger partial charge >= 0.3 is 0 Å². The third-order valence-electron chi connectivity index (χ3n) is 7.38. The summed E-state index contributed by atoms with van der Waals surface area (Å²) in [5, 5.41) is 10.6. The second-order valence-electron chi connectivity index (χ2n) is 12.6. The first-order valence-corrected chi connectivity index (χ1v) is 12.8. The van der Waals surface area contributed by atoms with E-state index in [1.807, 2.05) is 18.2 Å². The van der Waals surface area contributed by atoms with E-state index in [-0.39, 0.29) is 46.8 Å². The summed E-state index contributed by atoms with van der Waals surface area (Å²) in [7, 11) is 0. The van der Waals surface area contributed by atoms with Crippen molar-refractivity contribution in [2.24, 2.45) is 5.41 Å². The molecule has 34 heavy (non-hydrogen) atoms. The normalized spacial score (nSPS) is 25.7. The van der Waals surface area contributed by atoms with Gasteiger partial charge in [0.15, 0.2) is 5.78 Å². The Hall–Kier alpha value is -2.34. The Morgan fingerprint density at radius 1 is 1.06 bits per heavy atom. The molecule has 2 heterocycles. The van der Waals surface area contributed by atoms with Crippen molar-refractivity contribution in [3.05, 3.63) is 35.5 Å². The van der Waals surface area contributed by atoms with Crippen molar-refractivity contribution in [3.63, 3.8) is 0 Å². The number of carbonyl (C=O) groups is 2. The van der Waals surface area contributed by atoms with Gasteiger partial charge in [-0.15, -0.1) is 0 Å². The highest BCUT2D eigenvalue weighted by atomic mass is 16.2. The highest BCUT2D eigenvalue weighted by molar-refractivity contribution is 6.01. The Bertz CT molecular complexity index is 991. The summed E-state index contributed by atoms with van der Waals surface area (Å²) in [5.41, 5.74) is 3.68.